The number of hydrogen-bond acceptors (Lipinski definition) is 4. The van der Waals surface area contributed by atoms with Crippen molar-refractivity contribution in [2.75, 3.05) is 7.11 Å². The van der Waals surface area contributed by atoms with Gasteiger partial charge in [-0.15, -0.1) is 0 Å². The summed E-state index contributed by atoms with van der Waals surface area (Å²) < 4.78 is 5.34. The lowest BCUT2D eigenvalue weighted by molar-refractivity contribution is -0.136. The Morgan fingerprint density at radius 1 is 1.28 bits per heavy atom. The fraction of sp³-hybridized carbons (Fsp3) is 0.476. The third kappa shape index (κ3) is 3.92. The average Bonchev–Trinajstić information content (AvgIpc) is 3.01. The Bertz CT molecular complexity index is 965. The summed E-state index contributed by atoms with van der Waals surface area (Å²) in [6, 6.07) is 4.93. The number of aromatic amines is 1. The minimum Gasteiger partial charge on any atom is -0.497 e. The normalized spacial score (nSPS) is 19.5. The molecular formula is C21H28N4O4. The van der Waals surface area contributed by atoms with Crippen LogP contribution in [0.2, 0.25) is 0 Å². The third-order valence-electron chi connectivity index (χ3n) is 5.59. The van der Waals surface area contributed by atoms with E-state index in [2.05, 4.69) is 15.6 Å². The first kappa shape index (κ1) is 20.7. The van der Waals surface area contributed by atoms with Gasteiger partial charge >= 0.3 is 0 Å². The molecule has 29 heavy (non-hydrogen) atoms. The summed E-state index contributed by atoms with van der Waals surface area (Å²) >= 11 is 0. The van der Waals surface area contributed by atoms with Crippen molar-refractivity contribution in [3.63, 3.8) is 0 Å². The molecule has 0 unspecified atom stereocenters. The number of aryl methyl sites for hydroxylation is 1. The van der Waals surface area contributed by atoms with E-state index in [1.165, 1.54) is 6.92 Å². The summed E-state index contributed by atoms with van der Waals surface area (Å²) in [7, 11) is 1.60. The summed E-state index contributed by atoms with van der Waals surface area (Å²) in [4.78, 5) is 40.5. The lowest BCUT2D eigenvalue weighted by Crippen LogP contribution is -2.64. The highest BCUT2D eigenvalue weighted by Crippen LogP contribution is 2.36. The van der Waals surface area contributed by atoms with E-state index >= 15 is 0 Å². The summed E-state index contributed by atoms with van der Waals surface area (Å²) in [6.45, 7) is 5.01. The number of amides is 3. The van der Waals surface area contributed by atoms with Gasteiger partial charge in [0.05, 0.1) is 7.11 Å². The number of carbonyl (C=O) groups excluding carboxylic acids is 3. The van der Waals surface area contributed by atoms with Crippen LogP contribution < -0.4 is 21.1 Å². The van der Waals surface area contributed by atoms with E-state index in [0.29, 0.717) is 25.0 Å². The standard InChI is InChI=1S/C21H28N4O4/c1-11(2)18(19(22)27)24-20(28)21(25-12(3)26)8-7-17-15(10-21)14-9-13(29-4)5-6-16(14)23-17/h5-6,9,11,18,23H,7-8,10H2,1-4H3,(H2,22,27)(H,24,28)(H,25,26)/t18-,21+/m0/s1. The van der Waals surface area contributed by atoms with Crippen LogP contribution in [0.15, 0.2) is 18.2 Å². The van der Waals surface area contributed by atoms with Gasteiger partial charge in [0.25, 0.3) is 0 Å². The van der Waals surface area contributed by atoms with Crippen LogP contribution in [0.3, 0.4) is 0 Å². The van der Waals surface area contributed by atoms with Gasteiger partial charge in [-0.1, -0.05) is 13.8 Å². The van der Waals surface area contributed by atoms with Crippen LogP contribution in [0.4, 0.5) is 0 Å². The molecular weight excluding hydrogens is 372 g/mol. The molecule has 0 fully saturated rings. The smallest absolute Gasteiger partial charge is 0.246 e. The Morgan fingerprint density at radius 3 is 2.59 bits per heavy atom. The average molecular weight is 400 g/mol. The number of methoxy groups -OCH3 is 1. The molecule has 3 rings (SSSR count). The van der Waals surface area contributed by atoms with Crippen LogP contribution in [-0.2, 0) is 27.2 Å². The molecule has 1 aromatic carbocycles. The predicted octanol–water partition coefficient (Wildman–Crippen LogP) is 1.17. The molecule has 8 nitrogen and oxygen atoms in total. The fourth-order valence-corrected chi connectivity index (χ4v) is 4.09. The molecule has 1 heterocycles. The van der Waals surface area contributed by atoms with Gasteiger partial charge in [0, 0.05) is 29.9 Å². The van der Waals surface area contributed by atoms with Gasteiger partial charge in [-0.3, -0.25) is 14.4 Å². The van der Waals surface area contributed by atoms with Gasteiger partial charge in [0.2, 0.25) is 17.7 Å². The molecule has 1 aromatic heterocycles. The van der Waals surface area contributed by atoms with Crippen molar-refractivity contribution >= 4 is 28.6 Å². The molecule has 0 aliphatic heterocycles. The van der Waals surface area contributed by atoms with Crippen LogP contribution in [0.25, 0.3) is 10.9 Å². The molecule has 2 atom stereocenters. The van der Waals surface area contributed by atoms with Gasteiger partial charge in [-0.2, -0.15) is 0 Å². The molecule has 0 spiro atoms. The van der Waals surface area contributed by atoms with Gasteiger partial charge in [-0.25, -0.2) is 0 Å². The number of carbonyl (C=O) groups is 3. The number of nitrogens with two attached hydrogens (primary N) is 1. The topological polar surface area (TPSA) is 126 Å². The molecule has 156 valence electrons. The Labute approximate surface area is 169 Å². The molecule has 1 aliphatic rings. The predicted molar refractivity (Wildman–Crippen MR) is 109 cm³/mol. The lowest BCUT2D eigenvalue weighted by atomic mass is 9.78. The van der Waals surface area contributed by atoms with E-state index in [4.69, 9.17) is 10.5 Å². The number of hydrogen-bond donors (Lipinski definition) is 4. The quantitative estimate of drug-likeness (QED) is 0.580. The van der Waals surface area contributed by atoms with Gasteiger partial charge in [0.15, 0.2) is 0 Å². The SMILES string of the molecule is COc1ccc2[nH]c3c(c2c1)C[C@@](NC(C)=O)(C(=O)N[C@H](C(N)=O)C(C)C)CC3. The second-order valence-corrected chi connectivity index (χ2v) is 8.03. The van der Waals surface area contributed by atoms with E-state index < -0.39 is 23.4 Å². The zero-order valence-electron chi connectivity index (χ0n) is 17.2. The van der Waals surface area contributed by atoms with E-state index in [-0.39, 0.29) is 11.8 Å². The number of rotatable bonds is 6. The molecule has 2 aromatic rings. The third-order valence-corrected chi connectivity index (χ3v) is 5.59. The molecule has 0 bridgehead atoms. The van der Waals surface area contributed by atoms with Crippen molar-refractivity contribution in [2.24, 2.45) is 11.7 Å². The fourth-order valence-electron chi connectivity index (χ4n) is 4.09. The minimum absolute atomic E-state index is 0.165. The summed E-state index contributed by atoms with van der Waals surface area (Å²) in [6.07, 6.45) is 1.31. The molecule has 1 aliphatic carbocycles. The largest absolute Gasteiger partial charge is 0.497 e. The van der Waals surface area contributed by atoms with E-state index in [1.807, 2.05) is 32.0 Å². The monoisotopic (exact) mass is 400 g/mol. The van der Waals surface area contributed by atoms with E-state index in [0.717, 1.165) is 22.2 Å². The first-order valence-electron chi connectivity index (χ1n) is 9.73. The van der Waals surface area contributed by atoms with Gasteiger partial charge in [-0.05, 0) is 42.5 Å². The van der Waals surface area contributed by atoms with Gasteiger partial charge in [0.1, 0.15) is 17.3 Å². The highest BCUT2D eigenvalue weighted by atomic mass is 16.5. The van der Waals surface area contributed by atoms with Crippen molar-refractivity contribution in [3.8, 4) is 5.75 Å². The first-order chi connectivity index (χ1) is 13.7. The number of nitrogens with one attached hydrogen (secondary N) is 3. The Hall–Kier alpha value is -3.03. The van der Waals surface area contributed by atoms with Crippen molar-refractivity contribution in [2.45, 2.75) is 51.6 Å². The summed E-state index contributed by atoms with van der Waals surface area (Å²) in [5.74, 6) is -0.746. The summed E-state index contributed by atoms with van der Waals surface area (Å²) in [5.41, 5.74) is 7.27. The van der Waals surface area contributed by atoms with Crippen LogP contribution in [0.1, 0.15) is 38.4 Å². The summed E-state index contributed by atoms with van der Waals surface area (Å²) in [5, 5.41) is 6.57. The van der Waals surface area contributed by atoms with Crippen molar-refractivity contribution in [3.05, 3.63) is 29.5 Å². The zero-order valence-corrected chi connectivity index (χ0v) is 17.2. The number of fused-ring (bicyclic) bond motifs is 3. The van der Waals surface area contributed by atoms with Crippen LogP contribution in [0, 0.1) is 5.92 Å². The highest BCUT2D eigenvalue weighted by Gasteiger charge is 2.44. The molecule has 0 saturated carbocycles. The van der Waals surface area contributed by atoms with Gasteiger partial charge < -0.3 is 26.1 Å². The van der Waals surface area contributed by atoms with Crippen LogP contribution in [0.5, 0.6) is 5.75 Å². The van der Waals surface area contributed by atoms with Crippen molar-refractivity contribution in [1.29, 1.82) is 0 Å². The number of ether oxygens (including phenoxy) is 1. The maximum Gasteiger partial charge on any atom is 0.246 e. The first-order valence-corrected chi connectivity index (χ1v) is 9.73. The molecule has 0 saturated heterocycles. The maximum atomic E-state index is 13.3. The van der Waals surface area contributed by atoms with Crippen LogP contribution in [-0.4, -0.2) is 41.4 Å². The lowest BCUT2D eigenvalue weighted by Gasteiger charge is -2.37. The minimum atomic E-state index is -1.15. The number of benzene rings is 1. The highest BCUT2D eigenvalue weighted by molar-refractivity contribution is 5.96. The van der Waals surface area contributed by atoms with Crippen molar-refractivity contribution in [1.82, 2.24) is 15.6 Å². The zero-order chi connectivity index (χ0) is 21.3. The molecule has 8 heteroatoms. The Morgan fingerprint density at radius 2 is 2.00 bits per heavy atom. The van der Waals surface area contributed by atoms with E-state index in [9.17, 15) is 14.4 Å². The number of primary amides is 1. The second-order valence-electron chi connectivity index (χ2n) is 8.03. The molecule has 3 amide bonds. The second kappa shape index (κ2) is 7.77. The maximum absolute atomic E-state index is 13.3. The number of H-pyrrole nitrogens is 1. The Kier molecular flexibility index (Phi) is 5.55. The number of aromatic nitrogens is 1. The molecule has 5 N–H and O–H groups in total. The molecule has 0 radical (unpaired) electrons. The van der Waals surface area contributed by atoms with Crippen molar-refractivity contribution < 1.29 is 19.1 Å². The van der Waals surface area contributed by atoms with E-state index in [1.54, 1.807) is 7.11 Å². The van der Waals surface area contributed by atoms with Crippen LogP contribution >= 0.6 is 0 Å². The Balaban J connectivity index is 2.01.